The summed E-state index contributed by atoms with van der Waals surface area (Å²) in [4.78, 5) is 55.1. The molecular formula is C32H33N5O6. The first-order chi connectivity index (χ1) is 20.7. The molecule has 11 nitrogen and oxygen atoms in total. The average Bonchev–Trinajstić information content (AvgIpc) is 3.63. The van der Waals surface area contributed by atoms with Crippen LogP contribution in [-0.2, 0) is 9.59 Å². The van der Waals surface area contributed by atoms with E-state index in [-0.39, 0.29) is 40.9 Å². The number of aryl methyl sites for hydroxylation is 1. The van der Waals surface area contributed by atoms with Crippen molar-refractivity contribution in [2.24, 2.45) is 0 Å². The molecule has 3 N–H and O–H groups in total. The smallest absolute Gasteiger partial charge is 0.335 e. The van der Waals surface area contributed by atoms with Crippen molar-refractivity contribution in [3.63, 3.8) is 0 Å². The first kappa shape index (κ1) is 29.4. The second kappa shape index (κ2) is 12.8. The number of amides is 2. The minimum absolute atomic E-state index is 0.0128. The molecule has 2 aliphatic heterocycles. The number of rotatable bonds is 9. The van der Waals surface area contributed by atoms with E-state index in [0.29, 0.717) is 50.2 Å². The fourth-order valence-electron chi connectivity index (χ4n) is 5.53. The Bertz CT molecular complexity index is 1650. The molecular weight excluding hydrogens is 550 g/mol. The number of carboxylic acid groups (broad SMARTS) is 1. The number of hydrogen-bond donors (Lipinski definition) is 3. The van der Waals surface area contributed by atoms with Gasteiger partial charge in [0.15, 0.2) is 0 Å². The third kappa shape index (κ3) is 6.70. The van der Waals surface area contributed by atoms with E-state index in [1.165, 1.54) is 24.3 Å². The molecule has 222 valence electrons. The van der Waals surface area contributed by atoms with Gasteiger partial charge in [-0.3, -0.25) is 14.4 Å². The van der Waals surface area contributed by atoms with Crippen LogP contribution in [-0.4, -0.2) is 70.7 Å². The van der Waals surface area contributed by atoms with Crippen LogP contribution in [0.2, 0.25) is 0 Å². The maximum Gasteiger partial charge on any atom is 0.335 e. The average molecular weight is 584 g/mol. The van der Waals surface area contributed by atoms with Crippen molar-refractivity contribution >= 4 is 40.2 Å². The number of benzene rings is 2. The van der Waals surface area contributed by atoms with Crippen molar-refractivity contribution in [3.8, 4) is 6.07 Å². The van der Waals surface area contributed by atoms with Gasteiger partial charge >= 0.3 is 5.97 Å². The summed E-state index contributed by atoms with van der Waals surface area (Å²) in [6, 6.07) is 13.7. The molecule has 3 heterocycles. The summed E-state index contributed by atoms with van der Waals surface area (Å²) in [7, 11) is 0. The van der Waals surface area contributed by atoms with Gasteiger partial charge in [-0.15, -0.1) is 0 Å². The predicted molar refractivity (Wildman–Crippen MR) is 158 cm³/mol. The molecule has 5 rings (SSSR count). The van der Waals surface area contributed by atoms with Gasteiger partial charge in [0.25, 0.3) is 0 Å². The molecule has 0 aliphatic carbocycles. The number of hydrogen-bond acceptors (Lipinski definition) is 8. The van der Waals surface area contributed by atoms with Gasteiger partial charge in [0.1, 0.15) is 34.8 Å². The van der Waals surface area contributed by atoms with Crippen LogP contribution in [0.5, 0.6) is 0 Å². The lowest BCUT2D eigenvalue weighted by Crippen LogP contribution is -2.49. The Hall–Kier alpha value is -5.11. The molecule has 2 amide bonds. The van der Waals surface area contributed by atoms with Gasteiger partial charge in [0.2, 0.25) is 17.6 Å². The Morgan fingerprint density at radius 1 is 1.02 bits per heavy atom. The van der Waals surface area contributed by atoms with Crippen LogP contribution in [0, 0.1) is 18.3 Å². The second-order valence-electron chi connectivity index (χ2n) is 10.9. The molecule has 1 aromatic heterocycles. The van der Waals surface area contributed by atoms with Gasteiger partial charge in [-0.1, -0.05) is 12.1 Å². The zero-order chi connectivity index (χ0) is 30.5. The number of allylic oxidation sites excluding steroid dienone is 1. The van der Waals surface area contributed by atoms with Crippen molar-refractivity contribution in [2.45, 2.75) is 45.1 Å². The minimum Gasteiger partial charge on any atom is -0.478 e. The highest BCUT2D eigenvalue weighted by Gasteiger charge is 2.32. The molecule has 0 radical (unpaired) electrons. The monoisotopic (exact) mass is 583 g/mol. The maximum atomic E-state index is 13.7. The highest BCUT2D eigenvalue weighted by molar-refractivity contribution is 6.12. The number of carbonyl (C=O) groups excluding carboxylic acids is 3. The highest BCUT2D eigenvalue weighted by Crippen LogP contribution is 2.25. The van der Waals surface area contributed by atoms with Crippen LogP contribution in [0.15, 0.2) is 64.3 Å². The molecule has 2 saturated heterocycles. The van der Waals surface area contributed by atoms with Crippen molar-refractivity contribution in [1.29, 1.82) is 5.26 Å². The van der Waals surface area contributed by atoms with Crippen molar-refractivity contribution in [1.82, 2.24) is 15.1 Å². The van der Waals surface area contributed by atoms with Crippen LogP contribution in [0.1, 0.15) is 58.6 Å². The lowest BCUT2D eigenvalue weighted by Gasteiger charge is -2.28. The van der Waals surface area contributed by atoms with E-state index in [9.17, 15) is 29.5 Å². The normalized spacial score (nSPS) is 17.7. The number of likely N-dealkylation sites (tertiary alicyclic amines) is 2. The third-order valence-electron chi connectivity index (χ3n) is 7.75. The first-order valence-electron chi connectivity index (χ1n) is 14.4. The van der Waals surface area contributed by atoms with E-state index >= 15 is 0 Å². The summed E-state index contributed by atoms with van der Waals surface area (Å²) < 4.78 is 5.66. The number of fused-ring (bicyclic) bond motifs is 1. The summed E-state index contributed by atoms with van der Waals surface area (Å²) in [6.07, 6.45) is 3.75. The molecule has 2 fully saturated rings. The summed E-state index contributed by atoms with van der Waals surface area (Å²) in [6.45, 7) is 3.63. The van der Waals surface area contributed by atoms with E-state index in [2.05, 4.69) is 10.6 Å². The van der Waals surface area contributed by atoms with Gasteiger partial charge in [0, 0.05) is 36.3 Å². The van der Waals surface area contributed by atoms with E-state index in [4.69, 9.17) is 4.42 Å². The van der Waals surface area contributed by atoms with E-state index in [1.807, 2.05) is 19.1 Å². The van der Waals surface area contributed by atoms with E-state index < -0.39 is 17.8 Å². The number of carboxylic acids is 1. The number of carbonyl (C=O) groups is 4. The highest BCUT2D eigenvalue weighted by atomic mass is 16.4. The SMILES string of the molecule is Cc1cc2cc(N/C(N[C@H]3CCCCN(CC(=O)N4CCCC4)C3=O)=C(\C#N)C(=O)c3cccc(C(=O)O)c3)ccc2o1. The number of ketones is 1. The predicted octanol–water partition coefficient (Wildman–Crippen LogP) is 4.06. The van der Waals surface area contributed by atoms with Crippen molar-refractivity contribution < 1.29 is 28.7 Å². The van der Waals surface area contributed by atoms with Crippen LogP contribution in [0.4, 0.5) is 5.69 Å². The molecule has 11 heteroatoms. The number of nitriles is 1. The standard InChI is InChI=1S/C32H33N5O6/c1-20-15-23-17-24(10-11-27(23)43-20)34-30(25(18-33)29(39)21-7-6-8-22(16-21)32(41)42)35-26-9-2-3-14-37(31(26)40)19-28(38)36-12-4-5-13-36/h6-8,10-11,15-17,26,34-35H,2-5,9,12-14,19H2,1H3,(H,41,42)/b30-25-/t26-/m0/s1. The van der Waals surface area contributed by atoms with Gasteiger partial charge in [-0.25, -0.2) is 4.79 Å². The van der Waals surface area contributed by atoms with Gasteiger partial charge in [-0.05, 0) is 75.4 Å². The maximum absolute atomic E-state index is 13.7. The van der Waals surface area contributed by atoms with Crippen molar-refractivity contribution in [3.05, 3.63) is 76.8 Å². The number of aromatic carboxylic acids is 1. The number of furan rings is 1. The molecule has 0 saturated carbocycles. The Kier molecular flexibility index (Phi) is 8.76. The summed E-state index contributed by atoms with van der Waals surface area (Å²) in [5.41, 5.74) is 0.813. The van der Waals surface area contributed by atoms with Gasteiger partial charge in [0.05, 0.1) is 12.1 Å². The summed E-state index contributed by atoms with van der Waals surface area (Å²) in [5, 5.41) is 26.7. The quantitative estimate of drug-likeness (QED) is 0.192. The Balaban J connectivity index is 1.48. The number of anilines is 1. The van der Waals surface area contributed by atoms with Crippen LogP contribution >= 0.6 is 0 Å². The first-order valence-corrected chi connectivity index (χ1v) is 14.4. The lowest BCUT2D eigenvalue weighted by molar-refractivity contribution is -0.140. The summed E-state index contributed by atoms with van der Waals surface area (Å²) in [5.74, 6) is -1.55. The fraction of sp³-hybridized carbons (Fsp3) is 0.344. The van der Waals surface area contributed by atoms with Crippen molar-refractivity contribution in [2.75, 3.05) is 31.5 Å². The lowest BCUT2D eigenvalue weighted by atomic mass is 10.0. The Morgan fingerprint density at radius 3 is 2.51 bits per heavy atom. The zero-order valence-electron chi connectivity index (χ0n) is 23.9. The van der Waals surface area contributed by atoms with Crippen LogP contribution in [0.25, 0.3) is 11.0 Å². The van der Waals surface area contributed by atoms with Crippen LogP contribution < -0.4 is 10.6 Å². The molecule has 2 aliphatic rings. The fourth-order valence-corrected chi connectivity index (χ4v) is 5.53. The largest absolute Gasteiger partial charge is 0.478 e. The molecule has 0 spiro atoms. The number of Topliss-reactive ketones (excluding diaryl/α,β-unsaturated/α-hetero) is 1. The number of nitrogens with zero attached hydrogens (tertiary/aromatic N) is 3. The Labute approximate surface area is 248 Å². The molecule has 3 aromatic rings. The van der Waals surface area contributed by atoms with Crippen LogP contribution in [0.3, 0.4) is 0 Å². The molecule has 2 aromatic carbocycles. The second-order valence-corrected chi connectivity index (χ2v) is 10.9. The zero-order valence-corrected chi connectivity index (χ0v) is 23.9. The topological polar surface area (TPSA) is 156 Å². The Morgan fingerprint density at radius 2 is 1.77 bits per heavy atom. The molecule has 0 unspecified atom stereocenters. The van der Waals surface area contributed by atoms with E-state index in [1.54, 1.807) is 28.0 Å². The molecule has 0 bridgehead atoms. The summed E-state index contributed by atoms with van der Waals surface area (Å²) >= 11 is 0. The van der Waals surface area contributed by atoms with E-state index in [0.717, 1.165) is 24.0 Å². The van der Waals surface area contributed by atoms with Gasteiger partial charge in [-0.2, -0.15) is 5.26 Å². The molecule has 43 heavy (non-hydrogen) atoms. The minimum atomic E-state index is -1.20. The number of nitrogens with one attached hydrogen (secondary N) is 2. The molecule has 1 atom stereocenters. The van der Waals surface area contributed by atoms with Gasteiger partial charge < -0.3 is 30.0 Å². The third-order valence-corrected chi connectivity index (χ3v) is 7.75.